The van der Waals surface area contributed by atoms with Crippen LogP contribution in [0, 0.1) is 6.92 Å². The standard InChI is InChI=1S/C19H24N8OS2/c1-12-6-7-14(15(10-12)27-8-4-3-5-9-27)21-17(28)22-18-20-11-16(30-18)13(2)29-19-23-25-26-24-19/h6-7,10-11,13H,3-5,8-9H2,1-2H3,(H2,20,21,22,28)(H,23,24,25,26). The topological polar surface area (TPSA) is 112 Å². The smallest absolute Gasteiger partial charge is 0.325 e. The maximum atomic E-state index is 12.6. The Kier molecular flexibility index (Phi) is 6.48. The van der Waals surface area contributed by atoms with Gasteiger partial charge in [0, 0.05) is 29.4 Å². The van der Waals surface area contributed by atoms with Crippen LogP contribution in [0.25, 0.3) is 0 Å². The second kappa shape index (κ2) is 9.43. The molecule has 1 aliphatic rings. The van der Waals surface area contributed by atoms with E-state index in [9.17, 15) is 4.79 Å². The van der Waals surface area contributed by atoms with Crippen molar-refractivity contribution in [3.8, 4) is 0 Å². The molecule has 3 aromatic rings. The lowest BCUT2D eigenvalue weighted by atomic mass is 10.1. The van der Waals surface area contributed by atoms with Gasteiger partial charge in [0.05, 0.1) is 11.4 Å². The zero-order chi connectivity index (χ0) is 20.9. The number of hydrogen-bond acceptors (Lipinski definition) is 8. The van der Waals surface area contributed by atoms with Crippen molar-refractivity contribution >= 4 is 45.6 Å². The number of piperidine rings is 1. The first-order chi connectivity index (χ1) is 14.6. The molecule has 0 saturated carbocycles. The monoisotopic (exact) mass is 444 g/mol. The Balaban J connectivity index is 1.40. The van der Waals surface area contributed by atoms with Gasteiger partial charge in [-0.1, -0.05) is 17.8 Å². The molecular weight excluding hydrogens is 420 g/mol. The van der Waals surface area contributed by atoms with Crippen molar-refractivity contribution in [1.82, 2.24) is 25.6 Å². The summed E-state index contributed by atoms with van der Waals surface area (Å²) in [6.45, 7) is 6.15. The summed E-state index contributed by atoms with van der Waals surface area (Å²) < 4.78 is 0. The molecule has 3 heterocycles. The van der Waals surface area contributed by atoms with Gasteiger partial charge >= 0.3 is 6.03 Å². The molecule has 1 aromatic carbocycles. The van der Waals surface area contributed by atoms with E-state index in [1.54, 1.807) is 6.20 Å². The molecule has 4 rings (SSSR count). The van der Waals surface area contributed by atoms with Crippen molar-refractivity contribution < 1.29 is 4.79 Å². The summed E-state index contributed by atoms with van der Waals surface area (Å²) in [6, 6.07) is 5.83. The number of thiazole rings is 1. The van der Waals surface area contributed by atoms with E-state index in [2.05, 4.69) is 54.1 Å². The highest BCUT2D eigenvalue weighted by Gasteiger charge is 2.18. The quantitative estimate of drug-likeness (QED) is 0.482. The van der Waals surface area contributed by atoms with E-state index in [0.29, 0.717) is 10.3 Å². The van der Waals surface area contributed by atoms with E-state index in [-0.39, 0.29) is 11.3 Å². The number of nitrogens with zero attached hydrogens (tertiary/aromatic N) is 5. The van der Waals surface area contributed by atoms with Crippen molar-refractivity contribution in [2.75, 3.05) is 28.6 Å². The first kappa shape index (κ1) is 20.6. The zero-order valence-corrected chi connectivity index (χ0v) is 18.5. The maximum absolute atomic E-state index is 12.6. The number of aromatic amines is 1. The molecule has 11 heteroatoms. The summed E-state index contributed by atoms with van der Waals surface area (Å²) in [5.41, 5.74) is 3.08. The van der Waals surface area contributed by atoms with Crippen molar-refractivity contribution in [3.05, 3.63) is 34.8 Å². The number of aryl methyl sites for hydroxylation is 1. The number of aromatic nitrogens is 5. The van der Waals surface area contributed by atoms with Crippen LogP contribution in [0.15, 0.2) is 29.6 Å². The molecule has 0 bridgehead atoms. The lowest BCUT2D eigenvalue weighted by Crippen LogP contribution is -2.31. The van der Waals surface area contributed by atoms with E-state index in [1.807, 2.05) is 19.1 Å². The lowest BCUT2D eigenvalue weighted by Gasteiger charge is -2.30. The predicted molar refractivity (Wildman–Crippen MR) is 120 cm³/mol. The van der Waals surface area contributed by atoms with E-state index >= 15 is 0 Å². The van der Waals surface area contributed by atoms with Gasteiger partial charge in [-0.15, -0.1) is 21.5 Å². The number of benzene rings is 1. The number of thioether (sulfide) groups is 1. The molecule has 9 nitrogen and oxygen atoms in total. The third-order valence-electron chi connectivity index (χ3n) is 4.85. The van der Waals surface area contributed by atoms with Gasteiger partial charge in [0.1, 0.15) is 0 Å². The van der Waals surface area contributed by atoms with Gasteiger partial charge in [0.15, 0.2) is 5.13 Å². The van der Waals surface area contributed by atoms with Crippen molar-refractivity contribution in [2.45, 2.75) is 43.5 Å². The van der Waals surface area contributed by atoms with E-state index < -0.39 is 0 Å². The molecule has 3 N–H and O–H groups in total. The minimum atomic E-state index is -0.295. The summed E-state index contributed by atoms with van der Waals surface area (Å²) in [5, 5.41) is 21.0. The molecule has 2 aromatic heterocycles. The molecular formula is C19H24N8OS2. The molecule has 1 saturated heterocycles. The zero-order valence-electron chi connectivity index (χ0n) is 16.9. The molecule has 0 spiro atoms. The Bertz CT molecular complexity index is 984. The summed E-state index contributed by atoms with van der Waals surface area (Å²) in [4.78, 5) is 20.3. The first-order valence-electron chi connectivity index (χ1n) is 9.88. The van der Waals surface area contributed by atoms with Crippen LogP contribution in [0.3, 0.4) is 0 Å². The van der Waals surface area contributed by atoms with Crippen LogP contribution in [0.4, 0.5) is 21.3 Å². The van der Waals surface area contributed by atoms with E-state index in [0.717, 1.165) is 29.3 Å². The fraction of sp³-hybridized carbons (Fsp3) is 0.421. The van der Waals surface area contributed by atoms with Gasteiger partial charge < -0.3 is 10.2 Å². The van der Waals surface area contributed by atoms with Gasteiger partial charge in [-0.3, -0.25) is 5.32 Å². The minimum Gasteiger partial charge on any atom is -0.370 e. The highest BCUT2D eigenvalue weighted by atomic mass is 32.2. The third-order valence-corrected chi connectivity index (χ3v) is 7.09. The van der Waals surface area contributed by atoms with Crippen LogP contribution in [0.5, 0.6) is 0 Å². The third kappa shape index (κ3) is 5.08. The average Bonchev–Trinajstić information content (AvgIpc) is 3.42. The van der Waals surface area contributed by atoms with Crippen molar-refractivity contribution in [2.24, 2.45) is 0 Å². The Morgan fingerprint density at radius 3 is 2.87 bits per heavy atom. The largest absolute Gasteiger partial charge is 0.370 e. The highest BCUT2D eigenvalue weighted by molar-refractivity contribution is 7.99. The molecule has 1 atom stereocenters. The van der Waals surface area contributed by atoms with Gasteiger partial charge in [-0.2, -0.15) is 5.21 Å². The fourth-order valence-corrected chi connectivity index (χ4v) is 5.05. The number of amides is 2. The Morgan fingerprint density at radius 1 is 1.27 bits per heavy atom. The van der Waals surface area contributed by atoms with Crippen molar-refractivity contribution in [1.29, 1.82) is 0 Å². The fourth-order valence-electron chi connectivity index (χ4n) is 3.35. The number of nitrogens with one attached hydrogen (secondary N) is 3. The van der Waals surface area contributed by atoms with Gasteiger partial charge in [0.25, 0.3) is 0 Å². The number of carbonyl (C=O) groups is 1. The molecule has 1 aliphatic heterocycles. The second-order valence-corrected chi connectivity index (χ2v) is 9.54. The van der Waals surface area contributed by atoms with Gasteiger partial charge in [-0.05, 0) is 56.0 Å². The predicted octanol–water partition coefficient (Wildman–Crippen LogP) is 4.45. The van der Waals surface area contributed by atoms with Crippen LogP contribution in [-0.2, 0) is 0 Å². The van der Waals surface area contributed by atoms with Crippen molar-refractivity contribution in [3.63, 3.8) is 0 Å². The molecule has 1 fully saturated rings. The van der Waals surface area contributed by atoms with Crippen LogP contribution in [-0.4, -0.2) is 44.7 Å². The molecule has 0 radical (unpaired) electrons. The molecule has 158 valence electrons. The Morgan fingerprint density at radius 2 is 2.10 bits per heavy atom. The number of rotatable bonds is 6. The molecule has 2 amide bonds. The summed E-state index contributed by atoms with van der Waals surface area (Å²) in [7, 11) is 0. The number of anilines is 3. The Hall–Kier alpha value is -2.66. The van der Waals surface area contributed by atoms with Crippen LogP contribution < -0.4 is 15.5 Å². The van der Waals surface area contributed by atoms with Crippen LogP contribution in [0.2, 0.25) is 0 Å². The summed E-state index contributed by atoms with van der Waals surface area (Å²) >= 11 is 2.91. The molecule has 0 aliphatic carbocycles. The number of H-pyrrole nitrogens is 1. The maximum Gasteiger partial charge on any atom is 0.325 e. The average molecular weight is 445 g/mol. The van der Waals surface area contributed by atoms with Gasteiger partial charge in [0.2, 0.25) is 5.16 Å². The Labute approximate surface area is 183 Å². The van der Waals surface area contributed by atoms with E-state index in [4.69, 9.17) is 0 Å². The number of hydrogen-bond donors (Lipinski definition) is 3. The molecule has 1 unspecified atom stereocenters. The lowest BCUT2D eigenvalue weighted by molar-refractivity contribution is 0.262. The van der Waals surface area contributed by atoms with Gasteiger partial charge in [-0.25, -0.2) is 9.78 Å². The number of tetrazole rings is 1. The highest BCUT2D eigenvalue weighted by Crippen LogP contribution is 2.36. The minimum absolute atomic E-state index is 0.0986. The summed E-state index contributed by atoms with van der Waals surface area (Å²) in [6.07, 6.45) is 5.40. The second-order valence-electron chi connectivity index (χ2n) is 7.17. The van der Waals surface area contributed by atoms with Crippen LogP contribution >= 0.6 is 23.1 Å². The van der Waals surface area contributed by atoms with Crippen LogP contribution in [0.1, 0.15) is 41.9 Å². The van der Waals surface area contributed by atoms with E-state index in [1.165, 1.54) is 47.9 Å². The SMILES string of the molecule is Cc1ccc(NC(=O)Nc2ncc(C(C)Sc3nn[nH]n3)s2)c(N2CCCCC2)c1. The normalized spacial score (nSPS) is 15.1. The summed E-state index contributed by atoms with van der Waals surface area (Å²) in [5.74, 6) is 0. The molecule has 30 heavy (non-hydrogen) atoms. The number of carbonyl (C=O) groups excluding carboxylic acids is 1. The first-order valence-corrected chi connectivity index (χ1v) is 11.6. The number of urea groups is 1.